The zero-order chi connectivity index (χ0) is 16.9. The minimum Gasteiger partial charge on any atom is -0.368 e. The largest absolute Gasteiger partial charge is 0.368 e. The normalized spacial score (nSPS) is 10.9. The lowest BCUT2D eigenvalue weighted by Gasteiger charge is -2.07. The number of rotatable bonds is 7. The molecule has 3 aromatic rings. The zero-order valence-electron chi connectivity index (χ0n) is 13.6. The molecule has 0 atom stereocenters. The Morgan fingerprint density at radius 3 is 2.96 bits per heavy atom. The third kappa shape index (κ3) is 3.51. The third-order valence-corrected chi connectivity index (χ3v) is 4.53. The maximum absolute atomic E-state index is 12.1. The van der Waals surface area contributed by atoms with Crippen LogP contribution in [-0.4, -0.2) is 43.7 Å². The van der Waals surface area contributed by atoms with E-state index in [1.54, 1.807) is 17.1 Å². The Balaban J connectivity index is 1.51. The van der Waals surface area contributed by atoms with Crippen molar-refractivity contribution in [2.45, 2.75) is 19.8 Å². The van der Waals surface area contributed by atoms with E-state index in [0.717, 1.165) is 28.9 Å². The van der Waals surface area contributed by atoms with Gasteiger partial charge in [0.15, 0.2) is 5.65 Å². The van der Waals surface area contributed by atoms with E-state index in [4.69, 9.17) is 0 Å². The molecule has 0 unspecified atom stereocenters. The second-order valence-corrected chi connectivity index (χ2v) is 6.39. The standard InChI is InChI=1S/C15H19N7OS/c1-3-4-12-18-8-11(24-12)15(23)17-6-5-16-13-10-7-21-22(2)14(10)20-9-19-13/h7-9H,3-6H2,1-2H3,(H,17,23)(H,16,19,20). The van der Waals surface area contributed by atoms with Gasteiger partial charge in [-0.25, -0.2) is 15.0 Å². The molecule has 0 saturated carbocycles. The number of hydrogen-bond acceptors (Lipinski definition) is 7. The van der Waals surface area contributed by atoms with Gasteiger partial charge < -0.3 is 10.6 Å². The molecule has 0 aliphatic heterocycles. The molecule has 126 valence electrons. The molecule has 0 aliphatic carbocycles. The first-order valence-electron chi connectivity index (χ1n) is 7.78. The molecule has 8 nitrogen and oxygen atoms in total. The van der Waals surface area contributed by atoms with Gasteiger partial charge in [-0.3, -0.25) is 9.48 Å². The number of nitrogens with zero attached hydrogens (tertiary/aromatic N) is 5. The number of aromatic nitrogens is 5. The van der Waals surface area contributed by atoms with E-state index >= 15 is 0 Å². The summed E-state index contributed by atoms with van der Waals surface area (Å²) in [6.45, 7) is 3.15. The number of nitrogens with one attached hydrogen (secondary N) is 2. The first-order valence-corrected chi connectivity index (χ1v) is 8.60. The lowest BCUT2D eigenvalue weighted by Crippen LogP contribution is -2.28. The van der Waals surface area contributed by atoms with E-state index in [2.05, 4.69) is 37.6 Å². The van der Waals surface area contributed by atoms with Gasteiger partial charge in [-0.15, -0.1) is 11.3 Å². The highest BCUT2D eigenvalue weighted by molar-refractivity contribution is 7.13. The summed E-state index contributed by atoms with van der Waals surface area (Å²) in [6.07, 6.45) is 6.80. The number of carbonyl (C=O) groups is 1. The fourth-order valence-electron chi connectivity index (χ4n) is 2.29. The van der Waals surface area contributed by atoms with Gasteiger partial charge in [0.2, 0.25) is 0 Å². The van der Waals surface area contributed by atoms with Crippen molar-refractivity contribution in [3.05, 3.63) is 28.6 Å². The molecule has 24 heavy (non-hydrogen) atoms. The van der Waals surface area contributed by atoms with E-state index in [1.807, 2.05) is 7.05 Å². The van der Waals surface area contributed by atoms with E-state index in [9.17, 15) is 4.79 Å². The van der Waals surface area contributed by atoms with Crippen LogP contribution in [0, 0.1) is 0 Å². The average molecular weight is 345 g/mol. The molecule has 0 spiro atoms. The van der Waals surface area contributed by atoms with Gasteiger partial charge in [-0.1, -0.05) is 6.92 Å². The van der Waals surface area contributed by atoms with Crippen molar-refractivity contribution < 1.29 is 4.79 Å². The Morgan fingerprint density at radius 2 is 2.12 bits per heavy atom. The van der Waals surface area contributed by atoms with Crippen molar-refractivity contribution in [2.24, 2.45) is 7.05 Å². The van der Waals surface area contributed by atoms with Crippen LogP contribution in [0.5, 0.6) is 0 Å². The van der Waals surface area contributed by atoms with Crippen LogP contribution in [0.1, 0.15) is 28.0 Å². The van der Waals surface area contributed by atoms with Crippen LogP contribution < -0.4 is 10.6 Å². The van der Waals surface area contributed by atoms with Crippen LogP contribution in [0.4, 0.5) is 5.82 Å². The van der Waals surface area contributed by atoms with E-state index in [-0.39, 0.29) is 5.91 Å². The summed E-state index contributed by atoms with van der Waals surface area (Å²) in [6, 6.07) is 0. The molecule has 0 aliphatic rings. The second kappa shape index (κ2) is 7.35. The lowest BCUT2D eigenvalue weighted by molar-refractivity contribution is 0.0959. The van der Waals surface area contributed by atoms with Crippen molar-refractivity contribution in [1.29, 1.82) is 0 Å². The Bertz CT molecular complexity index is 841. The third-order valence-electron chi connectivity index (χ3n) is 3.47. The van der Waals surface area contributed by atoms with Crippen LogP contribution in [0.2, 0.25) is 0 Å². The van der Waals surface area contributed by atoms with E-state index in [1.165, 1.54) is 17.7 Å². The molecule has 3 rings (SSSR count). The van der Waals surface area contributed by atoms with Gasteiger partial charge in [0.05, 0.1) is 22.8 Å². The smallest absolute Gasteiger partial charge is 0.263 e. The SMILES string of the molecule is CCCc1ncc(C(=O)NCCNc2ncnc3c2cnn3C)s1. The predicted molar refractivity (Wildman–Crippen MR) is 93.2 cm³/mol. The zero-order valence-corrected chi connectivity index (χ0v) is 14.4. The molecule has 0 fully saturated rings. The van der Waals surface area contributed by atoms with Gasteiger partial charge in [-0.2, -0.15) is 5.10 Å². The maximum Gasteiger partial charge on any atom is 0.263 e. The monoisotopic (exact) mass is 345 g/mol. The predicted octanol–water partition coefficient (Wildman–Crippen LogP) is 1.61. The minimum absolute atomic E-state index is 0.0918. The molecule has 1 amide bonds. The minimum atomic E-state index is -0.0918. The first kappa shape index (κ1) is 16.3. The second-order valence-electron chi connectivity index (χ2n) is 5.28. The fraction of sp³-hybridized carbons (Fsp3) is 0.400. The van der Waals surface area contributed by atoms with Crippen molar-refractivity contribution >= 4 is 34.1 Å². The number of thiazole rings is 1. The Hall–Kier alpha value is -2.55. The van der Waals surface area contributed by atoms with Crippen LogP contribution >= 0.6 is 11.3 Å². The molecule has 3 aromatic heterocycles. The summed E-state index contributed by atoms with van der Waals surface area (Å²) < 4.78 is 1.70. The summed E-state index contributed by atoms with van der Waals surface area (Å²) in [5, 5.41) is 12.1. The molecule has 3 heterocycles. The average Bonchev–Trinajstić information content (AvgIpc) is 3.20. The molecule has 0 aromatic carbocycles. The topological polar surface area (TPSA) is 97.6 Å². The maximum atomic E-state index is 12.1. The van der Waals surface area contributed by atoms with Gasteiger partial charge in [0.25, 0.3) is 5.91 Å². The Kier molecular flexibility index (Phi) is 4.99. The number of aryl methyl sites for hydroxylation is 2. The van der Waals surface area contributed by atoms with Gasteiger partial charge in [0.1, 0.15) is 17.0 Å². The number of carbonyl (C=O) groups excluding carboxylic acids is 1. The highest BCUT2D eigenvalue weighted by Crippen LogP contribution is 2.17. The van der Waals surface area contributed by atoms with Crippen molar-refractivity contribution in [1.82, 2.24) is 30.0 Å². The number of fused-ring (bicyclic) bond motifs is 1. The van der Waals surface area contributed by atoms with Crippen LogP contribution in [0.15, 0.2) is 18.7 Å². The summed E-state index contributed by atoms with van der Waals surface area (Å²) >= 11 is 1.45. The van der Waals surface area contributed by atoms with Gasteiger partial charge in [0, 0.05) is 20.1 Å². The van der Waals surface area contributed by atoms with Crippen molar-refractivity contribution in [3.63, 3.8) is 0 Å². The molecule has 9 heteroatoms. The summed E-state index contributed by atoms with van der Waals surface area (Å²) in [5.74, 6) is 0.622. The number of anilines is 1. The van der Waals surface area contributed by atoms with Crippen LogP contribution in [-0.2, 0) is 13.5 Å². The van der Waals surface area contributed by atoms with Crippen molar-refractivity contribution in [3.8, 4) is 0 Å². The Labute approximate surface area is 143 Å². The molecule has 2 N–H and O–H groups in total. The molecular weight excluding hydrogens is 326 g/mol. The van der Waals surface area contributed by atoms with Crippen molar-refractivity contribution in [2.75, 3.05) is 18.4 Å². The van der Waals surface area contributed by atoms with E-state index < -0.39 is 0 Å². The Morgan fingerprint density at radius 1 is 1.25 bits per heavy atom. The number of amides is 1. The van der Waals surface area contributed by atoms with Gasteiger partial charge in [-0.05, 0) is 12.8 Å². The summed E-state index contributed by atoms with van der Waals surface area (Å²) in [4.78, 5) is 25.4. The lowest BCUT2D eigenvalue weighted by atomic mass is 10.4. The van der Waals surface area contributed by atoms with Gasteiger partial charge >= 0.3 is 0 Å². The molecule has 0 saturated heterocycles. The highest BCUT2D eigenvalue weighted by atomic mass is 32.1. The first-order chi connectivity index (χ1) is 11.7. The molecule has 0 bridgehead atoms. The fourth-order valence-corrected chi connectivity index (χ4v) is 3.23. The molecule has 0 radical (unpaired) electrons. The quantitative estimate of drug-likeness (QED) is 0.632. The summed E-state index contributed by atoms with van der Waals surface area (Å²) in [5.41, 5.74) is 0.768. The van der Waals surface area contributed by atoms with E-state index in [0.29, 0.717) is 23.8 Å². The summed E-state index contributed by atoms with van der Waals surface area (Å²) in [7, 11) is 1.83. The van der Waals surface area contributed by atoms with Crippen LogP contribution in [0.3, 0.4) is 0 Å². The van der Waals surface area contributed by atoms with Crippen LogP contribution in [0.25, 0.3) is 11.0 Å². The number of hydrogen-bond donors (Lipinski definition) is 2. The highest BCUT2D eigenvalue weighted by Gasteiger charge is 2.10. The molecular formula is C15H19N7OS.